The first-order valence-electron chi connectivity index (χ1n) is 6.74. The highest BCUT2D eigenvalue weighted by molar-refractivity contribution is 9.11. The van der Waals surface area contributed by atoms with Gasteiger partial charge in [-0.3, -0.25) is 9.59 Å². The van der Waals surface area contributed by atoms with Gasteiger partial charge in [0, 0.05) is 23.8 Å². The van der Waals surface area contributed by atoms with Gasteiger partial charge in [0.15, 0.2) is 11.6 Å². The summed E-state index contributed by atoms with van der Waals surface area (Å²) in [7, 11) is 0. The van der Waals surface area contributed by atoms with E-state index in [1.165, 1.54) is 12.2 Å². The van der Waals surface area contributed by atoms with Crippen LogP contribution in [0.15, 0.2) is 50.9 Å². The zero-order chi connectivity index (χ0) is 17.4. The number of hydrogen-bond donors (Lipinski definition) is 1. The van der Waals surface area contributed by atoms with Crippen LogP contribution in [0, 0.1) is 0 Å². The quantitative estimate of drug-likeness (QED) is 0.735. The Labute approximate surface area is 139 Å². The molecule has 0 aromatic rings. The summed E-state index contributed by atoms with van der Waals surface area (Å²) in [5.41, 5.74) is 2.68. The van der Waals surface area contributed by atoms with Gasteiger partial charge in [0.1, 0.15) is 0 Å². The van der Waals surface area contributed by atoms with Crippen molar-refractivity contribution in [2.75, 3.05) is 0 Å². The van der Waals surface area contributed by atoms with Crippen molar-refractivity contribution in [2.45, 2.75) is 32.5 Å². The standard InChI is InChI=1S/C16H13BrF3NO2/c1-8-9(2)15(23)13(7-14(8)22)21-10-3-5-11(16(18,19)20)12(17)6-4-10/h3-5,13,21H,7H2,1-2H3. The van der Waals surface area contributed by atoms with Gasteiger partial charge in [-0.05, 0) is 47.5 Å². The Morgan fingerprint density at radius 1 is 1.22 bits per heavy atom. The lowest BCUT2D eigenvalue weighted by Crippen LogP contribution is -2.41. The second kappa shape index (κ2) is 6.34. The molecule has 0 aliphatic heterocycles. The van der Waals surface area contributed by atoms with Crippen molar-refractivity contribution in [3.8, 4) is 0 Å². The first-order chi connectivity index (χ1) is 10.6. The van der Waals surface area contributed by atoms with E-state index < -0.39 is 17.8 Å². The molecule has 1 N–H and O–H groups in total. The Balaban J connectivity index is 2.28. The first kappa shape index (κ1) is 17.5. The smallest absolute Gasteiger partial charge is 0.374 e. The minimum absolute atomic E-state index is 0.0199. The monoisotopic (exact) mass is 387 g/mol. The summed E-state index contributed by atoms with van der Waals surface area (Å²) in [6.07, 6.45) is -1.13. The summed E-state index contributed by atoms with van der Waals surface area (Å²) in [5.74, 6) is -0.384. The van der Waals surface area contributed by atoms with Crippen LogP contribution >= 0.6 is 15.9 Å². The molecule has 3 nitrogen and oxygen atoms in total. The molecule has 2 aliphatic rings. The highest BCUT2D eigenvalue weighted by Crippen LogP contribution is 2.34. The van der Waals surface area contributed by atoms with E-state index in [-0.39, 0.29) is 28.2 Å². The molecule has 1 atom stereocenters. The number of allylic oxidation sites excluding steroid dienone is 5. The second-order valence-electron chi connectivity index (χ2n) is 5.24. The SMILES string of the molecule is CC1=C(C)C(=O)C(NC2=CC=C(C(F)(F)F)C(Br)=C=C2)CC1=O. The fourth-order valence-corrected chi connectivity index (χ4v) is 2.70. The third-order valence-electron chi connectivity index (χ3n) is 3.72. The van der Waals surface area contributed by atoms with Gasteiger partial charge in [-0.1, -0.05) is 0 Å². The van der Waals surface area contributed by atoms with Crippen LogP contribution < -0.4 is 5.32 Å². The van der Waals surface area contributed by atoms with Gasteiger partial charge < -0.3 is 5.32 Å². The molecule has 1 unspecified atom stereocenters. The fraction of sp³-hybridized carbons (Fsp3) is 0.312. The number of Topliss-reactive ketones (excluding diaryl/α,β-unsaturated/α-hetero) is 2. The third-order valence-corrected chi connectivity index (χ3v) is 4.38. The summed E-state index contributed by atoms with van der Waals surface area (Å²) >= 11 is 2.83. The molecular weight excluding hydrogens is 375 g/mol. The van der Waals surface area contributed by atoms with Crippen LogP contribution in [0.5, 0.6) is 0 Å². The van der Waals surface area contributed by atoms with Crippen molar-refractivity contribution in [1.29, 1.82) is 0 Å². The van der Waals surface area contributed by atoms with Crippen LogP contribution in [-0.2, 0) is 9.59 Å². The van der Waals surface area contributed by atoms with E-state index in [2.05, 4.69) is 27.0 Å². The van der Waals surface area contributed by atoms with Gasteiger partial charge in [0.25, 0.3) is 0 Å². The van der Waals surface area contributed by atoms with Crippen LogP contribution in [0.1, 0.15) is 20.3 Å². The number of hydrogen-bond acceptors (Lipinski definition) is 3. The zero-order valence-electron chi connectivity index (χ0n) is 12.3. The Morgan fingerprint density at radius 2 is 1.87 bits per heavy atom. The molecule has 0 amide bonds. The van der Waals surface area contributed by atoms with Crippen LogP contribution in [-0.4, -0.2) is 23.8 Å². The molecule has 0 aromatic carbocycles. The molecule has 0 bridgehead atoms. The van der Waals surface area contributed by atoms with Gasteiger partial charge >= 0.3 is 6.18 Å². The largest absolute Gasteiger partial charge is 0.418 e. The maximum absolute atomic E-state index is 12.8. The lowest BCUT2D eigenvalue weighted by atomic mass is 9.87. The number of nitrogens with one attached hydrogen (secondary N) is 1. The van der Waals surface area contributed by atoms with Crippen molar-refractivity contribution < 1.29 is 22.8 Å². The zero-order valence-corrected chi connectivity index (χ0v) is 13.9. The van der Waals surface area contributed by atoms with E-state index >= 15 is 0 Å². The first-order valence-corrected chi connectivity index (χ1v) is 7.53. The Bertz CT molecular complexity index is 735. The normalized spacial score (nSPS) is 22.5. The maximum atomic E-state index is 12.8. The summed E-state index contributed by atoms with van der Waals surface area (Å²) < 4.78 is 38.3. The highest BCUT2D eigenvalue weighted by Gasteiger charge is 2.35. The third kappa shape index (κ3) is 3.74. The van der Waals surface area contributed by atoms with Crippen molar-refractivity contribution in [2.24, 2.45) is 0 Å². The van der Waals surface area contributed by atoms with Gasteiger partial charge in [-0.15, -0.1) is 5.73 Å². The van der Waals surface area contributed by atoms with Crippen molar-refractivity contribution in [3.63, 3.8) is 0 Å². The Morgan fingerprint density at radius 3 is 2.48 bits per heavy atom. The van der Waals surface area contributed by atoms with Crippen LogP contribution in [0.3, 0.4) is 0 Å². The highest BCUT2D eigenvalue weighted by atomic mass is 79.9. The summed E-state index contributed by atoms with van der Waals surface area (Å²) in [6.45, 7) is 3.16. The van der Waals surface area contributed by atoms with E-state index in [1.54, 1.807) is 13.8 Å². The molecule has 2 aliphatic carbocycles. The van der Waals surface area contributed by atoms with Crippen LogP contribution in [0.4, 0.5) is 13.2 Å². The predicted molar refractivity (Wildman–Crippen MR) is 82.7 cm³/mol. The number of carbonyl (C=O) groups is 2. The number of rotatable bonds is 2. The predicted octanol–water partition coefficient (Wildman–Crippen LogP) is 3.64. The molecule has 0 fully saturated rings. The molecular formula is C16H13BrF3NO2. The van der Waals surface area contributed by atoms with Crippen molar-refractivity contribution in [1.82, 2.24) is 5.32 Å². The van der Waals surface area contributed by atoms with E-state index in [4.69, 9.17) is 0 Å². The average Bonchev–Trinajstić information content (AvgIpc) is 2.64. The molecule has 0 saturated carbocycles. The summed E-state index contributed by atoms with van der Waals surface area (Å²) in [6, 6.07) is -0.782. The lowest BCUT2D eigenvalue weighted by Gasteiger charge is -2.24. The van der Waals surface area contributed by atoms with Gasteiger partial charge in [0.05, 0.1) is 16.1 Å². The number of alkyl halides is 3. The van der Waals surface area contributed by atoms with Gasteiger partial charge in [-0.25, -0.2) is 0 Å². The van der Waals surface area contributed by atoms with Crippen molar-refractivity contribution in [3.05, 3.63) is 50.9 Å². The molecule has 7 heteroatoms. The molecule has 122 valence electrons. The lowest BCUT2D eigenvalue weighted by molar-refractivity contribution is -0.124. The number of carbonyl (C=O) groups excluding carboxylic acids is 2. The molecule has 0 saturated heterocycles. The fourth-order valence-electron chi connectivity index (χ4n) is 2.23. The molecule has 0 aromatic heterocycles. The molecule has 0 radical (unpaired) electrons. The minimum atomic E-state index is -4.52. The average molecular weight is 388 g/mol. The molecule has 0 spiro atoms. The van der Waals surface area contributed by atoms with Crippen LogP contribution in [0.25, 0.3) is 0 Å². The van der Waals surface area contributed by atoms with Gasteiger partial charge in [0.2, 0.25) is 0 Å². The topological polar surface area (TPSA) is 46.2 Å². The van der Waals surface area contributed by atoms with E-state index in [0.717, 1.165) is 6.08 Å². The van der Waals surface area contributed by atoms with E-state index in [1.807, 2.05) is 0 Å². The van der Waals surface area contributed by atoms with E-state index in [9.17, 15) is 22.8 Å². The molecule has 23 heavy (non-hydrogen) atoms. The second-order valence-corrected chi connectivity index (χ2v) is 6.03. The van der Waals surface area contributed by atoms with E-state index in [0.29, 0.717) is 11.1 Å². The summed E-state index contributed by atoms with van der Waals surface area (Å²) in [5, 5.41) is 2.81. The Kier molecular flexibility index (Phi) is 4.82. The summed E-state index contributed by atoms with van der Waals surface area (Å²) in [4.78, 5) is 24.0. The minimum Gasteiger partial charge on any atom is -0.374 e. The van der Waals surface area contributed by atoms with Crippen molar-refractivity contribution >= 4 is 27.5 Å². The molecule has 0 heterocycles. The van der Waals surface area contributed by atoms with Gasteiger partial charge in [-0.2, -0.15) is 13.2 Å². The van der Waals surface area contributed by atoms with Crippen LogP contribution in [0.2, 0.25) is 0 Å². The maximum Gasteiger partial charge on any atom is 0.418 e. The number of ketones is 2. The number of halogens is 4. The molecule has 2 rings (SSSR count). The Hall–Kier alpha value is -1.85.